The van der Waals surface area contributed by atoms with Crippen LogP contribution in [-0.2, 0) is 4.74 Å². The fourth-order valence-corrected chi connectivity index (χ4v) is 3.06. The molecule has 2 atom stereocenters. The van der Waals surface area contributed by atoms with Crippen molar-refractivity contribution in [3.05, 3.63) is 28.2 Å². The number of rotatable bonds is 1. The molecule has 1 amide bonds. The third-order valence-corrected chi connectivity index (χ3v) is 4.07. The molecule has 2 bridgehead atoms. The van der Waals surface area contributed by atoms with Crippen LogP contribution in [0.5, 0.6) is 0 Å². The Morgan fingerprint density at radius 2 is 2.00 bits per heavy atom. The average Bonchev–Trinajstić information content (AvgIpc) is 2.67. The summed E-state index contributed by atoms with van der Waals surface area (Å²) in [6, 6.07) is 5.39. The summed E-state index contributed by atoms with van der Waals surface area (Å²) in [5.41, 5.74) is 7.01. The SMILES string of the molecule is Nc1cc(Br)ccc1C(=O)N1CC2CCC(C1)O2. The lowest BCUT2D eigenvalue weighted by Crippen LogP contribution is -2.45. The molecule has 18 heavy (non-hydrogen) atoms. The first-order valence-corrected chi connectivity index (χ1v) is 6.92. The Morgan fingerprint density at radius 1 is 1.33 bits per heavy atom. The van der Waals surface area contributed by atoms with Gasteiger partial charge in [0.15, 0.2) is 0 Å². The predicted octanol–water partition coefficient (Wildman–Crippen LogP) is 2.03. The van der Waals surface area contributed by atoms with Gasteiger partial charge < -0.3 is 15.4 Å². The Labute approximate surface area is 114 Å². The van der Waals surface area contributed by atoms with Crippen molar-refractivity contribution in [1.82, 2.24) is 4.90 Å². The zero-order valence-corrected chi connectivity index (χ0v) is 11.5. The number of morpholine rings is 1. The van der Waals surface area contributed by atoms with Crippen molar-refractivity contribution in [3.8, 4) is 0 Å². The van der Waals surface area contributed by atoms with Crippen molar-refractivity contribution >= 4 is 27.5 Å². The molecule has 0 spiro atoms. The Kier molecular flexibility index (Phi) is 3.03. The van der Waals surface area contributed by atoms with Gasteiger partial charge >= 0.3 is 0 Å². The van der Waals surface area contributed by atoms with Crippen LogP contribution in [0.2, 0.25) is 0 Å². The summed E-state index contributed by atoms with van der Waals surface area (Å²) in [6.07, 6.45) is 2.54. The second kappa shape index (κ2) is 4.55. The molecule has 96 valence electrons. The quantitative estimate of drug-likeness (QED) is 0.808. The van der Waals surface area contributed by atoms with Gasteiger partial charge in [0.05, 0.1) is 17.8 Å². The van der Waals surface area contributed by atoms with Crippen LogP contribution < -0.4 is 5.73 Å². The van der Waals surface area contributed by atoms with E-state index in [-0.39, 0.29) is 18.1 Å². The van der Waals surface area contributed by atoms with E-state index < -0.39 is 0 Å². The van der Waals surface area contributed by atoms with Gasteiger partial charge in [-0.2, -0.15) is 0 Å². The highest BCUT2D eigenvalue weighted by Gasteiger charge is 2.36. The van der Waals surface area contributed by atoms with Crippen molar-refractivity contribution in [3.63, 3.8) is 0 Å². The first kappa shape index (κ1) is 12.0. The van der Waals surface area contributed by atoms with E-state index in [1.807, 2.05) is 11.0 Å². The van der Waals surface area contributed by atoms with Crippen molar-refractivity contribution in [2.45, 2.75) is 25.0 Å². The Hall–Kier alpha value is -1.07. The van der Waals surface area contributed by atoms with E-state index in [0.29, 0.717) is 24.3 Å². The fraction of sp³-hybridized carbons (Fsp3) is 0.462. The van der Waals surface area contributed by atoms with Gasteiger partial charge in [0.2, 0.25) is 0 Å². The first-order chi connectivity index (χ1) is 8.63. The second-order valence-electron chi connectivity index (χ2n) is 4.90. The van der Waals surface area contributed by atoms with Crippen LogP contribution >= 0.6 is 15.9 Å². The number of anilines is 1. The van der Waals surface area contributed by atoms with E-state index in [0.717, 1.165) is 17.3 Å². The first-order valence-electron chi connectivity index (χ1n) is 6.13. The van der Waals surface area contributed by atoms with Crippen LogP contribution in [0.25, 0.3) is 0 Å². The number of hydrogen-bond acceptors (Lipinski definition) is 3. The average molecular weight is 311 g/mol. The third kappa shape index (κ3) is 2.12. The van der Waals surface area contributed by atoms with Gasteiger partial charge in [-0.15, -0.1) is 0 Å². The summed E-state index contributed by atoms with van der Waals surface area (Å²) in [5.74, 6) is 0.0141. The summed E-state index contributed by atoms with van der Waals surface area (Å²) in [5, 5.41) is 0. The number of fused-ring (bicyclic) bond motifs is 2. The topological polar surface area (TPSA) is 55.6 Å². The minimum absolute atomic E-state index is 0.0141. The summed E-state index contributed by atoms with van der Waals surface area (Å²) >= 11 is 3.35. The minimum Gasteiger partial charge on any atom is -0.398 e. The largest absolute Gasteiger partial charge is 0.398 e. The van der Waals surface area contributed by atoms with Gasteiger partial charge in [-0.3, -0.25) is 4.79 Å². The lowest BCUT2D eigenvalue weighted by molar-refractivity contribution is -0.0303. The Bertz CT molecular complexity index is 480. The predicted molar refractivity (Wildman–Crippen MR) is 72.4 cm³/mol. The number of amides is 1. The number of carbonyl (C=O) groups excluding carboxylic acids is 1. The maximum Gasteiger partial charge on any atom is 0.256 e. The van der Waals surface area contributed by atoms with Crippen molar-refractivity contribution in [2.24, 2.45) is 0 Å². The maximum absolute atomic E-state index is 12.4. The number of carbonyl (C=O) groups is 1. The molecule has 2 unspecified atom stereocenters. The molecule has 2 saturated heterocycles. The molecule has 2 fully saturated rings. The number of ether oxygens (including phenoxy) is 1. The molecule has 2 N–H and O–H groups in total. The van der Waals surface area contributed by atoms with Crippen LogP contribution in [0, 0.1) is 0 Å². The number of hydrogen-bond donors (Lipinski definition) is 1. The van der Waals surface area contributed by atoms with Gasteiger partial charge in [-0.25, -0.2) is 0 Å². The molecule has 2 aliphatic heterocycles. The van der Waals surface area contributed by atoms with E-state index in [1.54, 1.807) is 12.1 Å². The number of nitrogens with zero attached hydrogens (tertiary/aromatic N) is 1. The maximum atomic E-state index is 12.4. The molecule has 3 rings (SSSR count). The Morgan fingerprint density at radius 3 is 2.61 bits per heavy atom. The second-order valence-corrected chi connectivity index (χ2v) is 5.81. The van der Waals surface area contributed by atoms with E-state index in [1.165, 1.54) is 0 Å². The molecular formula is C13H15BrN2O2. The zero-order valence-electron chi connectivity index (χ0n) is 9.93. The number of halogens is 1. The standard InChI is InChI=1S/C13H15BrN2O2/c14-8-1-4-11(12(15)5-8)13(17)16-6-9-2-3-10(7-16)18-9/h1,4-5,9-10H,2-3,6-7,15H2. The molecule has 2 heterocycles. The number of nitrogens with two attached hydrogens (primary N) is 1. The van der Waals surface area contributed by atoms with Crippen LogP contribution in [0.4, 0.5) is 5.69 Å². The monoisotopic (exact) mass is 310 g/mol. The smallest absolute Gasteiger partial charge is 0.256 e. The fourth-order valence-electron chi connectivity index (χ4n) is 2.68. The van der Waals surface area contributed by atoms with Crippen molar-refractivity contribution in [1.29, 1.82) is 0 Å². The molecule has 0 radical (unpaired) electrons. The highest BCUT2D eigenvalue weighted by Crippen LogP contribution is 2.28. The zero-order chi connectivity index (χ0) is 12.7. The minimum atomic E-state index is 0.0141. The highest BCUT2D eigenvalue weighted by atomic mass is 79.9. The van der Waals surface area contributed by atoms with E-state index in [9.17, 15) is 4.79 Å². The summed E-state index contributed by atoms with van der Waals surface area (Å²) < 4.78 is 6.62. The van der Waals surface area contributed by atoms with Gasteiger partial charge in [0.25, 0.3) is 5.91 Å². The van der Waals surface area contributed by atoms with Crippen molar-refractivity contribution < 1.29 is 9.53 Å². The molecule has 0 saturated carbocycles. The highest BCUT2D eigenvalue weighted by molar-refractivity contribution is 9.10. The normalized spacial score (nSPS) is 26.4. The van der Waals surface area contributed by atoms with Gasteiger partial charge in [0, 0.05) is 23.2 Å². The van der Waals surface area contributed by atoms with Gasteiger partial charge in [-0.1, -0.05) is 15.9 Å². The van der Waals surface area contributed by atoms with Crippen LogP contribution in [0.1, 0.15) is 23.2 Å². The molecular weight excluding hydrogens is 296 g/mol. The van der Waals surface area contributed by atoms with Gasteiger partial charge in [-0.05, 0) is 31.0 Å². The van der Waals surface area contributed by atoms with Crippen LogP contribution in [0.15, 0.2) is 22.7 Å². The molecule has 5 heteroatoms. The molecule has 2 aliphatic rings. The molecule has 1 aromatic carbocycles. The Balaban J connectivity index is 1.82. The number of nitrogen functional groups attached to an aromatic ring is 1. The van der Waals surface area contributed by atoms with Crippen LogP contribution in [0.3, 0.4) is 0 Å². The molecule has 0 aliphatic carbocycles. The van der Waals surface area contributed by atoms with E-state index in [4.69, 9.17) is 10.5 Å². The lowest BCUT2D eigenvalue weighted by atomic mass is 10.1. The summed E-state index contributed by atoms with van der Waals surface area (Å²) in [7, 11) is 0. The summed E-state index contributed by atoms with van der Waals surface area (Å²) in [4.78, 5) is 14.3. The van der Waals surface area contributed by atoms with Gasteiger partial charge in [0.1, 0.15) is 0 Å². The van der Waals surface area contributed by atoms with Crippen LogP contribution in [-0.4, -0.2) is 36.1 Å². The lowest BCUT2D eigenvalue weighted by Gasteiger charge is -2.32. The third-order valence-electron chi connectivity index (χ3n) is 3.57. The number of benzene rings is 1. The number of likely N-dealkylation sites (tertiary alicyclic amines) is 1. The molecule has 0 aromatic heterocycles. The molecule has 1 aromatic rings. The van der Waals surface area contributed by atoms with Crippen molar-refractivity contribution in [2.75, 3.05) is 18.8 Å². The van der Waals surface area contributed by atoms with E-state index >= 15 is 0 Å². The van der Waals surface area contributed by atoms with E-state index in [2.05, 4.69) is 15.9 Å². The summed E-state index contributed by atoms with van der Waals surface area (Å²) in [6.45, 7) is 1.37. The molecule has 4 nitrogen and oxygen atoms in total.